The highest BCUT2D eigenvalue weighted by Gasteiger charge is 2.29. The summed E-state index contributed by atoms with van der Waals surface area (Å²) in [6.07, 6.45) is 2.32. The van der Waals surface area contributed by atoms with Crippen molar-refractivity contribution in [3.05, 3.63) is 87.7 Å². The molecular weight excluding hydrogens is 479 g/mol. The number of nitrogens with zero attached hydrogens (tertiary/aromatic N) is 2. The van der Waals surface area contributed by atoms with Gasteiger partial charge >= 0.3 is 0 Å². The van der Waals surface area contributed by atoms with Gasteiger partial charge in [0.2, 0.25) is 10.0 Å². The number of carbonyl (C=O) groups is 1. The molecule has 3 heterocycles. The first-order valence-electron chi connectivity index (χ1n) is 10.1. The summed E-state index contributed by atoms with van der Waals surface area (Å²) in [7, 11) is -3.93. The number of thiazole rings is 1. The lowest BCUT2D eigenvalue weighted by Crippen LogP contribution is -2.32. The van der Waals surface area contributed by atoms with Gasteiger partial charge in [-0.3, -0.25) is 9.59 Å². The van der Waals surface area contributed by atoms with Gasteiger partial charge in [-0.15, -0.1) is 11.3 Å². The second-order valence-electron chi connectivity index (χ2n) is 7.68. The number of rotatable bonds is 5. The lowest BCUT2D eigenvalue weighted by atomic mass is 10.0. The Morgan fingerprint density at radius 1 is 1.18 bits per heavy atom. The number of H-pyrrole nitrogens is 1. The molecule has 0 unspecified atom stereocenters. The predicted molar refractivity (Wildman–Crippen MR) is 129 cm³/mol. The summed E-state index contributed by atoms with van der Waals surface area (Å²) < 4.78 is 42.9. The van der Waals surface area contributed by atoms with Crippen molar-refractivity contribution in [3.63, 3.8) is 0 Å². The molecule has 172 valence electrons. The highest BCUT2D eigenvalue weighted by molar-refractivity contribution is 7.89. The van der Waals surface area contributed by atoms with Crippen LogP contribution in [0.1, 0.15) is 16.1 Å². The summed E-state index contributed by atoms with van der Waals surface area (Å²) in [5.41, 5.74) is 2.85. The average Bonchev–Trinajstić information content (AvgIpc) is 3.37. The van der Waals surface area contributed by atoms with E-state index in [0.717, 1.165) is 11.0 Å². The van der Waals surface area contributed by atoms with E-state index in [1.54, 1.807) is 41.9 Å². The molecule has 5 aromatic rings. The van der Waals surface area contributed by atoms with Crippen LogP contribution in [0, 0.1) is 5.82 Å². The van der Waals surface area contributed by atoms with Gasteiger partial charge in [0.15, 0.2) is 0 Å². The van der Waals surface area contributed by atoms with Gasteiger partial charge in [-0.25, -0.2) is 22.5 Å². The zero-order chi connectivity index (χ0) is 24.0. The molecule has 0 bridgehead atoms. The van der Waals surface area contributed by atoms with Gasteiger partial charge in [0.25, 0.3) is 11.5 Å². The first-order valence-corrected chi connectivity index (χ1v) is 12.8. The quantitative estimate of drug-likeness (QED) is 0.387. The Balaban J connectivity index is 1.94. The fourth-order valence-corrected chi connectivity index (χ4v) is 5.18. The van der Waals surface area contributed by atoms with Crippen LogP contribution >= 0.6 is 11.3 Å². The fourth-order valence-electron chi connectivity index (χ4n) is 4.06. The smallest absolute Gasteiger partial charge is 0.282 e. The van der Waals surface area contributed by atoms with E-state index in [1.165, 1.54) is 28.2 Å². The van der Waals surface area contributed by atoms with Gasteiger partial charge in [-0.05, 0) is 30.3 Å². The van der Waals surface area contributed by atoms with Crippen molar-refractivity contribution in [2.45, 2.75) is 6.54 Å². The number of halogens is 1. The van der Waals surface area contributed by atoms with Crippen LogP contribution in [0.2, 0.25) is 0 Å². The molecule has 0 aliphatic heterocycles. The van der Waals surface area contributed by atoms with Crippen molar-refractivity contribution < 1.29 is 17.6 Å². The molecule has 34 heavy (non-hydrogen) atoms. The Labute approximate surface area is 196 Å². The predicted octanol–water partition coefficient (Wildman–Crippen LogP) is 3.48. The fraction of sp³-hybridized carbons (Fsp3) is 0.0870. The van der Waals surface area contributed by atoms with E-state index in [4.69, 9.17) is 0 Å². The van der Waals surface area contributed by atoms with Crippen LogP contribution in [0.4, 0.5) is 4.39 Å². The number of benzene rings is 2. The summed E-state index contributed by atoms with van der Waals surface area (Å²) >= 11 is 1.39. The minimum absolute atomic E-state index is 0.0733. The summed E-state index contributed by atoms with van der Waals surface area (Å²) in [6, 6.07) is 12.8. The number of aromatic amines is 1. The molecule has 0 atom stereocenters. The molecule has 0 spiro atoms. The van der Waals surface area contributed by atoms with Gasteiger partial charge in [-0.1, -0.05) is 18.2 Å². The Morgan fingerprint density at radius 2 is 1.97 bits per heavy atom. The number of fused-ring (bicyclic) bond motifs is 3. The SMILES string of the molecule is CS(=O)(=O)NC(=O)c1c(-c2ccc[nH]c2=O)c2c3ncsc3ccc2n1Cc1ccccc1F. The van der Waals surface area contributed by atoms with E-state index in [1.807, 2.05) is 10.8 Å². The van der Waals surface area contributed by atoms with E-state index in [2.05, 4.69) is 9.97 Å². The van der Waals surface area contributed by atoms with Crippen molar-refractivity contribution in [3.8, 4) is 11.1 Å². The summed E-state index contributed by atoms with van der Waals surface area (Å²) in [5.74, 6) is -1.41. The van der Waals surface area contributed by atoms with Crippen LogP contribution in [0.15, 0.2) is 65.0 Å². The highest BCUT2D eigenvalue weighted by Crippen LogP contribution is 2.39. The molecule has 0 aliphatic carbocycles. The maximum atomic E-state index is 14.6. The lowest BCUT2D eigenvalue weighted by molar-refractivity contribution is 0.0974. The number of amides is 1. The molecule has 1 amide bonds. The summed E-state index contributed by atoms with van der Waals surface area (Å²) in [6.45, 7) is -0.0733. The Morgan fingerprint density at radius 3 is 2.71 bits per heavy atom. The van der Waals surface area contributed by atoms with E-state index in [9.17, 15) is 22.4 Å². The van der Waals surface area contributed by atoms with Crippen LogP contribution in [0.3, 0.4) is 0 Å². The topological polar surface area (TPSA) is 114 Å². The van der Waals surface area contributed by atoms with E-state index >= 15 is 0 Å². The van der Waals surface area contributed by atoms with Crippen molar-refractivity contribution in [1.29, 1.82) is 0 Å². The molecule has 0 saturated carbocycles. The lowest BCUT2D eigenvalue weighted by Gasteiger charge is -2.13. The average molecular weight is 497 g/mol. The zero-order valence-corrected chi connectivity index (χ0v) is 19.3. The maximum Gasteiger partial charge on any atom is 0.282 e. The van der Waals surface area contributed by atoms with Crippen LogP contribution in [0.5, 0.6) is 0 Å². The van der Waals surface area contributed by atoms with Gasteiger partial charge in [-0.2, -0.15) is 0 Å². The Hall–Kier alpha value is -3.83. The van der Waals surface area contributed by atoms with Crippen LogP contribution in [-0.2, 0) is 16.6 Å². The number of carbonyl (C=O) groups excluding carboxylic acids is 1. The first kappa shape index (κ1) is 22.0. The van der Waals surface area contributed by atoms with Crippen LogP contribution < -0.4 is 10.3 Å². The maximum absolute atomic E-state index is 14.6. The number of sulfonamides is 1. The minimum atomic E-state index is -3.93. The van der Waals surface area contributed by atoms with Gasteiger partial charge in [0, 0.05) is 22.7 Å². The number of aromatic nitrogens is 3. The molecule has 0 fully saturated rings. The monoisotopic (exact) mass is 496 g/mol. The zero-order valence-electron chi connectivity index (χ0n) is 17.7. The molecular formula is C23H17FN4O4S2. The standard InChI is InChI=1S/C23H17FN4O4S2/c1-34(31,32)27-23(30)21-18(14-6-4-10-25-22(14)29)19-16(8-9-17-20(19)26-12-33-17)28(21)11-13-5-2-3-7-15(13)24/h2-10,12H,11H2,1H3,(H,25,29)(H,27,30). The Bertz CT molecular complexity index is 1750. The van der Waals surface area contributed by atoms with Gasteiger partial charge in [0.05, 0.1) is 39.6 Å². The molecule has 2 N–H and O–H groups in total. The molecule has 11 heteroatoms. The van der Waals surface area contributed by atoms with E-state index < -0.39 is 27.3 Å². The Kier molecular flexibility index (Phi) is 5.29. The highest BCUT2D eigenvalue weighted by atomic mass is 32.2. The largest absolute Gasteiger partial charge is 0.331 e. The first-order chi connectivity index (χ1) is 16.2. The number of hydrogen-bond acceptors (Lipinski definition) is 6. The molecule has 3 aromatic heterocycles. The second-order valence-corrected chi connectivity index (χ2v) is 10.3. The third-order valence-electron chi connectivity index (χ3n) is 5.39. The van der Waals surface area contributed by atoms with Gasteiger partial charge < -0.3 is 9.55 Å². The molecule has 0 aliphatic rings. The third-order valence-corrected chi connectivity index (χ3v) is 6.75. The van der Waals surface area contributed by atoms with Crippen LogP contribution in [-0.4, -0.2) is 35.1 Å². The molecule has 2 aromatic carbocycles. The van der Waals surface area contributed by atoms with Crippen LogP contribution in [0.25, 0.3) is 32.2 Å². The van der Waals surface area contributed by atoms with Crippen molar-refractivity contribution in [1.82, 2.24) is 19.3 Å². The second kappa shape index (κ2) is 8.19. The molecule has 5 rings (SSSR count). The summed E-state index contributed by atoms with van der Waals surface area (Å²) in [4.78, 5) is 33.2. The molecule has 8 nitrogen and oxygen atoms in total. The van der Waals surface area contributed by atoms with Gasteiger partial charge in [0.1, 0.15) is 11.5 Å². The van der Waals surface area contributed by atoms with Crippen molar-refractivity contribution >= 4 is 48.4 Å². The third kappa shape index (κ3) is 3.78. The van der Waals surface area contributed by atoms with E-state index in [0.29, 0.717) is 22.0 Å². The number of nitrogens with one attached hydrogen (secondary N) is 2. The minimum Gasteiger partial charge on any atom is -0.331 e. The number of hydrogen-bond donors (Lipinski definition) is 2. The number of pyridine rings is 1. The van der Waals surface area contributed by atoms with E-state index in [-0.39, 0.29) is 23.4 Å². The van der Waals surface area contributed by atoms with Crippen molar-refractivity contribution in [2.24, 2.45) is 0 Å². The molecule has 0 saturated heterocycles. The van der Waals surface area contributed by atoms with Crippen molar-refractivity contribution in [2.75, 3.05) is 6.26 Å². The summed E-state index contributed by atoms with van der Waals surface area (Å²) in [5, 5.41) is 0.505. The normalized spacial score (nSPS) is 11.8. The molecule has 0 radical (unpaired) electrons.